The monoisotopic (exact) mass is 379 g/mol. The maximum absolute atomic E-state index is 12.7. The Morgan fingerprint density at radius 3 is 2.75 bits per heavy atom. The Labute approximate surface area is 134 Å². The molecule has 0 bridgehead atoms. The molecule has 0 aliphatic carbocycles. The van der Waals surface area contributed by atoms with Gasteiger partial charge in [0, 0.05) is 17.6 Å². The first kappa shape index (κ1) is 16.3. The van der Waals surface area contributed by atoms with Gasteiger partial charge in [0.2, 0.25) is 10.0 Å². The molecule has 1 saturated heterocycles. The quantitative estimate of drug-likeness (QED) is 0.784. The number of hydrogen-bond donors (Lipinski definition) is 0. The molecule has 0 spiro atoms. The Kier molecular flexibility index (Phi) is 5.51. The molecule has 3 nitrogen and oxygen atoms in total. The van der Waals surface area contributed by atoms with E-state index >= 15 is 0 Å². The van der Waals surface area contributed by atoms with E-state index in [1.54, 1.807) is 22.5 Å². The number of hydrogen-bond acceptors (Lipinski definition) is 2. The van der Waals surface area contributed by atoms with Crippen LogP contribution in [0.25, 0.3) is 0 Å². The Balaban J connectivity index is 2.25. The van der Waals surface area contributed by atoms with Gasteiger partial charge >= 0.3 is 0 Å². The summed E-state index contributed by atoms with van der Waals surface area (Å²) in [7, 11) is -3.48. The van der Waals surface area contributed by atoms with Crippen LogP contribution in [0.3, 0.4) is 0 Å². The molecule has 1 atom stereocenters. The van der Waals surface area contributed by atoms with Gasteiger partial charge in [-0.25, -0.2) is 8.42 Å². The molecule has 20 heavy (non-hydrogen) atoms. The van der Waals surface area contributed by atoms with Crippen LogP contribution in [0.15, 0.2) is 27.6 Å². The molecule has 1 heterocycles. The summed E-state index contributed by atoms with van der Waals surface area (Å²) in [5, 5.41) is 0.274. The van der Waals surface area contributed by atoms with Crippen LogP contribution in [0.1, 0.15) is 32.6 Å². The lowest BCUT2D eigenvalue weighted by Crippen LogP contribution is -2.32. The first-order chi connectivity index (χ1) is 9.45. The molecule has 1 aliphatic heterocycles. The summed E-state index contributed by atoms with van der Waals surface area (Å²) in [4.78, 5) is 0.206. The molecule has 0 amide bonds. The molecular formula is C14H19BrClNO2S. The zero-order valence-corrected chi connectivity index (χ0v) is 14.6. The van der Waals surface area contributed by atoms with Gasteiger partial charge in [0.05, 0.1) is 5.02 Å². The highest BCUT2D eigenvalue weighted by atomic mass is 79.9. The van der Waals surface area contributed by atoms with Crippen LogP contribution < -0.4 is 0 Å². The van der Waals surface area contributed by atoms with E-state index in [1.807, 2.05) is 0 Å². The van der Waals surface area contributed by atoms with Gasteiger partial charge in [-0.3, -0.25) is 0 Å². The van der Waals surface area contributed by atoms with Crippen LogP contribution in [0.2, 0.25) is 5.02 Å². The molecule has 1 aromatic rings. The van der Waals surface area contributed by atoms with E-state index in [1.165, 1.54) is 0 Å². The summed E-state index contributed by atoms with van der Waals surface area (Å²) in [5.74, 6) is 0.635. The predicted octanol–water partition coefficient (Wildman–Crippen LogP) is 4.30. The fourth-order valence-corrected chi connectivity index (χ4v) is 5.12. The third-order valence-corrected chi connectivity index (χ3v) is 6.77. The molecule has 1 aliphatic rings. The second kappa shape index (κ2) is 6.77. The fourth-order valence-electron chi connectivity index (χ4n) is 2.61. The summed E-state index contributed by atoms with van der Waals surface area (Å²) >= 11 is 9.39. The van der Waals surface area contributed by atoms with Gasteiger partial charge in [-0.2, -0.15) is 4.31 Å². The average molecular weight is 381 g/mol. The standard InChI is InChI=1S/C14H19BrClNO2S/c1-2-11-4-3-8-17(9-7-11)20(18,19)14-6-5-12(15)10-13(14)16/h5-6,10-11H,2-4,7-9H2,1H3. The van der Waals surface area contributed by atoms with Gasteiger partial charge < -0.3 is 0 Å². The molecule has 0 saturated carbocycles. The van der Waals surface area contributed by atoms with Crippen molar-refractivity contribution in [2.45, 2.75) is 37.5 Å². The van der Waals surface area contributed by atoms with Crippen molar-refractivity contribution >= 4 is 37.6 Å². The van der Waals surface area contributed by atoms with E-state index in [-0.39, 0.29) is 9.92 Å². The highest BCUT2D eigenvalue weighted by Gasteiger charge is 2.28. The highest BCUT2D eigenvalue weighted by Crippen LogP contribution is 2.30. The second-order valence-corrected chi connectivity index (χ2v) is 8.41. The van der Waals surface area contributed by atoms with Crippen LogP contribution in [0.4, 0.5) is 0 Å². The van der Waals surface area contributed by atoms with Gasteiger partial charge in [0.1, 0.15) is 4.90 Å². The van der Waals surface area contributed by atoms with E-state index in [0.29, 0.717) is 19.0 Å². The summed E-state index contributed by atoms with van der Waals surface area (Å²) in [6.45, 7) is 3.35. The van der Waals surface area contributed by atoms with Crippen molar-refractivity contribution in [3.63, 3.8) is 0 Å². The van der Waals surface area contributed by atoms with Gasteiger partial charge in [-0.05, 0) is 43.4 Å². The van der Waals surface area contributed by atoms with E-state index in [0.717, 1.165) is 30.2 Å². The largest absolute Gasteiger partial charge is 0.244 e. The highest BCUT2D eigenvalue weighted by molar-refractivity contribution is 9.10. The fraction of sp³-hybridized carbons (Fsp3) is 0.571. The van der Waals surface area contributed by atoms with Gasteiger partial charge in [-0.15, -0.1) is 0 Å². The van der Waals surface area contributed by atoms with Crippen LogP contribution in [0.5, 0.6) is 0 Å². The van der Waals surface area contributed by atoms with E-state index in [2.05, 4.69) is 22.9 Å². The van der Waals surface area contributed by atoms with Crippen LogP contribution in [-0.4, -0.2) is 25.8 Å². The summed E-state index contributed by atoms with van der Waals surface area (Å²) in [5.41, 5.74) is 0. The summed E-state index contributed by atoms with van der Waals surface area (Å²) in [6, 6.07) is 4.91. The van der Waals surface area contributed by atoms with Crippen molar-refractivity contribution in [2.75, 3.05) is 13.1 Å². The third kappa shape index (κ3) is 3.56. The van der Waals surface area contributed by atoms with Gasteiger partial charge in [0.15, 0.2) is 0 Å². The van der Waals surface area contributed by atoms with Crippen molar-refractivity contribution in [3.8, 4) is 0 Å². The molecule has 0 N–H and O–H groups in total. The van der Waals surface area contributed by atoms with E-state index < -0.39 is 10.0 Å². The number of benzene rings is 1. The predicted molar refractivity (Wildman–Crippen MR) is 85.5 cm³/mol. The topological polar surface area (TPSA) is 37.4 Å². The zero-order valence-electron chi connectivity index (χ0n) is 11.5. The minimum Gasteiger partial charge on any atom is -0.207 e. The maximum Gasteiger partial charge on any atom is 0.244 e. The summed E-state index contributed by atoms with van der Waals surface area (Å²) < 4.78 is 27.7. The molecule has 0 aromatic heterocycles. The molecule has 1 aromatic carbocycles. The lowest BCUT2D eigenvalue weighted by atomic mass is 9.98. The molecule has 1 fully saturated rings. The van der Waals surface area contributed by atoms with E-state index in [4.69, 9.17) is 11.6 Å². The average Bonchev–Trinajstić information content (AvgIpc) is 2.63. The Morgan fingerprint density at radius 1 is 1.35 bits per heavy atom. The smallest absolute Gasteiger partial charge is 0.207 e. The zero-order chi connectivity index (χ0) is 14.8. The molecule has 112 valence electrons. The van der Waals surface area contributed by atoms with Crippen molar-refractivity contribution in [3.05, 3.63) is 27.7 Å². The van der Waals surface area contributed by atoms with Crippen molar-refractivity contribution in [2.24, 2.45) is 5.92 Å². The minimum atomic E-state index is -3.48. The third-order valence-electron chi connectivity index (χ3n) is 3.90. The normalized spacial score (nSPS) is 21.6. The molecule has 0 radical (unpaired) electrons. The Bertz CT molecular complexity index is 577. The lowest BCUT2D eigenvalue weighted by molar-refractivity contribution is 0.407. The van der Waals surface area contributed by atoms with Crippen molar-refractivity contribution in [1.29, 1.82) is 0 Å². The number of halogens is 2. The Morgan fingerprint density at radius 2 is 2.10 bits per heavy atom. The van der Waals surface area contributed by atoms with E-state index in [9.17, 15) is 8.42 Å². The maximum atomic E-state index is 12.7. The lowest BCUT2D eigenvalue weighted by Gasteiger charge is -2.21. The Hall–Kier alpha value is -0.100. The van der Waals surface area contributed by atoms with Gasteiger partial charge in [-0.1, -0.05) is 40.9 Å². The van der Waals surface area contributed by atoms with Gasteiger partial charge in [0.25, 0.3) is 0 Å². The summed E-state index contributed by atoms with van der Waals surface area (Å²) in [6.07, 6.45) is 4.08. The van der Waals surface area contributed by atoms with Crippen LogP contribution in [0, 0.1) is 5.92 Å². The molecule has 6 heteroatoms. The molecular weight excluding hydrogens is 362 g/mol. The number of rotatable bonds is 3. The van der Waals surface area contributed by atoms with Crippen LogP contribution in [-0.2, 0) is 10.0 Å². The number of sulfonamides is 1. The molecule has 1 unspecified atom stereocenters. The number of nitrogens with zero attached hydrogens (tertiary/aromatic N) is 1. The molecule has 2 rings (SSSR count). The first-order valence-corrected chi connectivity index (χ1v) is 9.51. The second-order valence-electron chi connectivity index (χ2n) is 5.18. The first-order valence-electron chi connectivity index (χ1n) is 6.90. The van der Waals surface area contributed by atoms with Crippen molar-refractivity contribution in [1.82, 2.24) is 4.31 Å². The minimum absolute atomic E-state index is 0.206. The van der Waals surface area contributed by atoms with Crippen LogP contribution >= 0.6 is 27.5 Å². The SMILES string of the molecule is CCC1CCCN(S(=O)(=O)c2ccc(Br)cc2Cl)CC1. The van der Waals surface area contributed by atoms with Crippen molar-refractivity contribution < 1.29 is 8.42 Å².